The molecule has 0 radical (unpaired) electrons. The topological polar surface area (TPSA) is 41.3 Å². The number of nitrogens with one attached hydrogen (secondary N) is 1. The Labute approximate surface area is 112 Å². The number of anilines is 1. The van der Waals surface area contributed by atoms with Crippen LogP contribution in [-0.2, 0) is 13.1 Å². The highest BCUT2D eigenvalue weighted by atomic mass is 35.5. The molecule has 1 N–H and O–H groups in total. The van der Waals surface area contributed by atoms with Gasteiger partial charge >= 0.3 is 0 Å². The first-order valence-electron chi connectivity index (χ1n) is 5.73. The van der Waals surface area contributed by atoms with Crippen LogP contribution in [0.5, 0.6) is 0 Å². The SMILES string of the molecule is CNCc1cnc(N(C)Cc2ccco2)c(Cl)c1. The zero-order chi connectivity index (χ0) is 13.0. The fraction of sp³-hybridized carbons (Fsp3) is 0.308. The normalized spacial score (nSPS) is 10.6. The molecule has 0 aromatic carbocycles. The Hall–Kier alpha value is -1.52. The molecular formula is C13H16ClN3O. The van der Waals surface area contributed by atoms with Gasteiger partial charge in [-0.3, -0.25) is 0 Å². The van der Waals surface area contributed by atoms with Gasteiger partial charge in [-0.2, -0.15) is 0 Å². The molecule has 0 aliphatic heterocycles. The molecule has 2 aromatic heterocycles. The zero-order valence-corrected chi connectivity index (χ0v) is 11.2. The number of hydrogen-bond donors (Lipinski definition) is 1. The maximum atomic E-state index is 6.24. The van der Waals surface area contributed by atoms with E-state index in [0.29, 0.717) is 11.6 Å². The van der Waals surface area contributed by atoms with E-state index in [4.69, 9.17) is 16.0 Å². The van der Waals surface area contributed by atoms with Crippen molar-refractivity contribution in [1.29, 1.82) is 0 Å². The van der Waals surface area contributed by atoms with Crippen molar-refractivity contribution < 1.29 is 4.42 Å². The van der Waals surface area contributed by atoms with Crippen molar-refractivity contribution in [2.45, 2.75) is 13.1 Å². The van der Waals surface area contributed by atoms with Crippen LogP contribution in [0.4, 0.5) is 5.82 Å². The van der Waals surface area contributed by atoms with Crippen LogP contribution in [0.1, 0.15) is 11.3 Å². The Kier molecular flexibility index (Phi) is 4.23. The Morgan fingerprint density at radius 3 is 2.94 bits per heavy atom. The smallest absolute Gasteiger partial charge is 0.147 e. The molecule has 0 unspecified atom stereocenters. The van der Waals surface area contributed by atoms with Crippen LogP contribution in [0.2, 0.25) is 5.02 Å². The van der Waals surface area contributed by atoms with Gasteiger partial charge < -0.3 is 14.6 Å². The molecule has 0 spiro atoms. The Balaban J connectivity index is 2.12. The number of rotatable bonds is 5. The lowest BCUT2D eigenvalue weighted by molar-refractivity contribution is 0.507. The quantitative estimate of drug-likeness (QED) is 0.903. The molecule has 0 bridgehead atoms. The average Bonchev–Trinajstić information content (AvgIpc) is 2.82. The third-order valence-electron chi connectivity index (χ3n) is 2.59. The molecule has 0 aliphatic rings. The molecule has 0 amide bonds. The summed E-state index contributed by atoms with van der Waals surface area (Å²) in [5, 5.41) is 3.72. The number of furan rings is 1. The van der Waals surface area contributed by atoms with Gasteiger partial charge in [-0.05, 0) is 30.8 Å². The number of nitrogens with zero attached hydrogens (tertiary/aromatic N) is 2. The summed E-state index contributed by atoms with van der Waals surface area (Å²) in [6.07, 6.45) is 3.49. The molecule has 0 saturated heterocycles. The summed E-state index contributed by atoms with van der Waals surface area (Å²) >= 11 is 6.24. The van der Waals surface area contributed by atoms with Gasteiger partial charge in [0.05, 0.1) is 17.8 Å². The monoisotopic (exact) mass is 265 g/mol. The second kappa shape index (κ2) is 5.89. The summed E-state index contributed by atoms with van der Waals surface area (Å²) in [7, 11) is 3.83. The Morgan fingerprint density at radius 1 is 1.50 bits per heavy atom. The molecule has 2 rings (SSSR count). The zero-order valence-electron chi connectivity index (χ0n) is 10.5. The van der Waals surface area contributed by atoms with Gasteiger partial charge in [-0.1, -0.05) is 11.6 Å². The standard InChI is InChI=1S/C13H16ClN3O/c1-15-7-10-6-12(14)13(16-8-10)17(2)9-11-4-3-5-18-11/h3-6,8,15H,7,9H2,1-2H3. The van der Waals surface area contributed by atoms with E-state index in [1.54, 1.807) is 6.26 Å². The molecule has 5 heteroatoms. The predicted octanol–water partition coefficient (Wildman–Crippen LogP) is 2.68. The summed E-state index contributed by atoms with van der Waals surface area (Å²) < 4.78 is 5.31. The van der Waals surface area contributed by atoms with Gasteiger partial charge in [0.2, 0.25) is 0 Å². The fourth-order valence-corrected chi connectivity index (χ4v) is 2.10. The number of pyridine rings is 1. The molecule has 4 nitrogen and oxygen atoms in total. The van der Waals surface area contributed by atoms with E-state index in [-0.39, 0.29) is 0 Å². The van der Waals surface area contributed by atoms with Gasteiger partial charge in [0.15, 0.2) is 0 Å². The second-order valence-electron chi connectivity index (χ2n) is 4.11. The van der Waals surface area contributed by atoms with Crippen molar-refractivity contribution in [3.05, 3.63) is 47.0 Å². The minimum absolute atomic E-state index is 0.644. The average molecular weight is 266 g/mol. The van der Waals surface area contributed by atoms with Gasteiger partial charge in [0.25, 0.3) is 0 Å². The summed E-state index contributed by atoms with van der Waals surface area (Å²) in [5.41, 5.74) is 1.07. The third kappa shape index (κ3) is 3.03. The summed E-state index contributed by atoms with van der Waals surface area (Å²) in [4.78, 5) is 6.35. The van der Waals surface area contributed by atoms with Crippen molar-refractivity contribution >= 4 is 17.4 Å². The molecule has 0 saturated carbocycles. The van der Waals surface area contributed by atoms with Crippen LogP contribution in [0.25, 0.3) is 0 Å². The maximum Gasteiger partial charge on any atom is 0.147 e. The van der Waals surface area contributed by atoms with Gasteiger partial charge in [-0.25, -0.2) is 4.98 Å². The van der Waals surface area contributed by atoms with E-state index in [2.05, 4.69) is 10.3 Å². The molecular weight excluding hydrogens is 250 g/mol. The van der Waals surface area contributed by atoms with Crippen LogP contribution in [0, 0.1) is 0 Å². The largest absolute Gasteiger partial charge is 0.467 e. The van der Waals surface area contributed by atoms with Crippen molar-refractivity contribution in [2.24, 2.45) is 0 Å². The van der Waals surface area contributed by atoms with Gasteiger partial charge in [0.1, 0.15) is 11.6 Å². The van der Waals surface area contributed by atoms with E-state index < -0.39 is 0 Å². The van der Waals surface area contributed by atoms with Crippen LogP contribution in [0.15, 0.2) is 35.1 Å². The summed E-state index contributed by atoms with van der Waals surface area (Å²) in [5.74, 6) is 1.64. The third-order valence-corrected chi connectivity index (χ3v) is 2.87. The maximum absolute atomic E-state index is 6.24. The fourth-order valence-electron chi connectivity index (χ4n) is 1.76. The highest BCUT2D eigenvalue weighted by molar-refractivity contribution is 6.33. The van der Waals surface area contributed by atoms with E-state index in [0.717, 1.165) is 23.7 Å². The van der Waals surface area contributed by atoms with E-state index in [9.17, 15) is 0 Å². The minimum Gasteiger partial charge on any atom is -0.467 e. The first kappa shape index (κ1) is 12.9. The van der Waals surface area contributed by atoms with Crippen LogP contribution in [-0.4, -0.2) is 19.1 Å². The van der Waals surface area contributed by atoms with Crippen LogP contribution < -0.4 is 10.2 Å². The number of aromatic nitrogens is 1. The molecule has 0 fully saturated rings. The van der Waals surface area contributed by atoms with E-state index in [1.165, 1.54) is 0 Å². The first-order chi connectivity index (χ1) is 8.70. The lowest BCUT2D eigenvalue weighted by atomic mass is 10.2. The van der Waals surface area contributed by atoms with E-state index in [1.807, 2.05) is 43.4 Å². The molecule has 2 heterocycles. The van der Waals surface area contributed by atoms with Gasteiger partial charge in [0, 0.05) is 19.8 Å². The molecule has 0 atom stereocenters. The summed E-state index contributed by atoms with van der Waals surface area (Å²) in [6, 6.07) is 5.73. The first-order valence-corrected chi connectivity index (χ1v) is 6.11. The highest BCUT2D eigenvalue weighted by Crippen LogP contribution is 2.24. The van der Waals surface area contributed by atoms with Crippen molar-refractivity contribution in [1.82, 2.24) is 10.3 Å². The van der Waals surface area contributed by atoms with Crippen molar-refractivity contribution in [3.8, 4) is 0 Å². The molecule has 2 aromatic rings. The lowest BCUT2D eigenvalue weighted by Crippen LogP contribution is -2.18. The van der Waals surface area contributed by atoms with Crippen molar-refractivity contribution in [3.63, 3.8) is 0 Å². The Bertz CT molecular complexity index is 499. The van der Waals surface area contributed by atoms with Gasteiger partial charge in [-0.15, -0.1) is 0 Å². The molecule has 0 aliphatic carbocycles. The minimum atomic E-state index is 0.644. The van der Waals surface area contributed by atoms with Crippen LogP contribution in [0.3, 0.4) is 0 Å². The molecule has 96 valence electrons. The predicted molar refractivity (Wildman–Crippen MR) is 72.8 cm³/mol. The second-order valence-corrected chi connectivity index (χ2v) is 4.52. The highest BCUT2D eigenvalue weighted by Gasteiger charge is 2.10. The number of halogens is 1. The van der Waals surface area contributed by atoms with Crippen LogP contribution >= 0.6 is 11.6 Å². The number of hydrogen-bond acceptors (Lipinski definition) is 4. The Morgan fingerprint density at radius 2 is 2.33 bits per heavy atom. The van der Waals surface area contributed by atoms with Crippen molar-refractivity contribution in [2.75, 3.05) is 19.0 Å². The summed E-state index contributed by atoms with van der Waals surface area (Å²) in [6.45, 7) is 1.40. The molecule has 18 heavy (non-hydrogen) atoms. The van der Waals surface area contributed by atoms with E-state index >= 15 is 0 Å². The lowest BCUT2D eigenvalue weighted by Gasteiger charge is -2.18.